The summed E-state index contributed by atoms with van der Waals surface area (Å²) in [6.07, 6.45) is 0. The number of hydrogen-bond donors (Lipinski definition) is 2. The predicted molar refractivity (Wildman–Crippen MR) is 102 cm³/mol. The molecule has 5 heteroatoms. The minimum Gasteiger partial charge on any atom is -0.332 e. The second kappa shape index (κ2) is 7.68. The molecular weight excluding hydrogens is 335 g/mol. The van der Waals surface area contributed by atoms with Gasteiger partial charge in [-0.05, 0) is 53.7 Å². The molecule has 25 heavy (non-hydrogen) atoms. The molecule has 0 spiro atoms. The summed E-state index contributed by atoms with van der Waals surface area (Å²) in [5.74, 6) is -0.704. The molecular formula is C20H15FN2OS. The van der Waals surface area contributed by atoms with Crippen LogP contribution in [-0.2, 0) is 0 Å². The van der Waals surface area contributed by atoms with Crippen LogP contribution in [0, 0.1) is 5.82 Å². The first kappa shape index (κ1) is 16.8. The quantitative estimate of drug-likeness (QED) is 0.677. The Morgan fingerprint density at radius 1 is 0.840 bits per heavy atom. The Kier molecular flexibility index (Phi) is 5.16. The van der Waals surface area contributed by atoms with Crippen molar-refractivity contribution in [3.63, 3.8) is 0 Å². The molecule has 0 saturated carbocycles. The number of halogens is 1. The van der Waals surface area contributed by atoms with Crippen molar-refractivity contribution in [1.29, 1.82) is 0 Å². The Bertz CT molecular complexity index is 895. The van der Waals surface area contributed by atoms with Gasteiger partial charge in [0.2, 0.25) is 0 Å². The maximum absolute atomic E-state index is 13.2. The molecule has 3 nitrogen and oxygen atoms in total. The summed E-state index contributed by atoms with van der Waals surface area (Å²) in [6.45, 7) is 0. The molecule has 3 aromatic carbocycles. The average Bonchev–Trinajstić information content (AvgIpc) is 2.62. The van der Waals surface area contributed by atoms with Crippen molar-refractivity contribution in [3.8, 4) is 11.1 Å². The number of carbonyl (C=O) groups is 1. The van der Waals surface area contributed by atoms with Gasteiger partial charge >= 0.3 is 0 Å². The van der Waals surface area contributed by atoms with Crippen molar-refractivity contribution in [2.24, 2.45) is 0 Å². The normalized spacial score (nSPS) is 10.1. The molecule has 3 rings (SSSR count). The number of anilines is 1. The maximum Gasteiger partial charge on any atom is 0.257 e. The van der Waals surface area contributed by atoms with E-state index in [4.69, 9.17) is 12.2 Å². The lowest BCUT2D eigenvalue weighted by Gasteiger charge is -2.10. The van der Waals surface area contributed by atoms with E-state index in [1.54, 1.807) is 24.3 Å². The van der Waals surface area contributed by atoms with Crippen LogP contribution in [0.3, 0.4) is 0 Å². The van der Waals surface area contributed by atoms with E-state index in [9.17, 15) is 9.18 Å². The van der Waals surface area contributed by atoms with E-state index in [0.717, 1.165) is 11.1 Å². The number of nitrogens with one attached hydrogen (secondary N) is 2. The molecule has 0 atom stereocenters. The highest BCUT2D eigenvalue weighted by atomic mass is 32.1. The van der Waals surface area contributed by atoms with E-state index >= 15 is 0 Å². The summed E-state index contributed by atoms with van der Waals surface area (Å²) < 4.78 is 13.2. The minimum atomic E-state index is -0.379. The van der Waals surface area contributed by atoms with Crippen molar-refractivity contribution >= 4 is 28.9 Å². The van der Waals surface area contributed by atoms with Crippen molar-refractivity contribution in [1.82, 2.24) is 5.32 Å². The summed E-state index contributed by atoms with van der Waals surface area (Å²) in [6, 6.07) is 23.0. The zero-order valence-electron chi connectivity index (χ0n) is 13.2. The van der Waals surface area contributed by atoms with Gasteiger partial charge in [0, 0.05) is 11.3 Å². The largest absolute Gasteiger partial charge is 0.332 e. The molecule has 124 valence electrons. The number of rotatable bonds is 3. The molecule has 0 unspecified atom stereocenters. The van der Waals surface area contributed by atoms with E-state index in [1.807, 2.05) is 42.5 Å². The van der Waals surface area contributed by atoms with Gasteiger partial charge in [0.25, 0.3) is 5.91 Å². The lowest BCUT2D eigenvalue weighted by Crippen LogP contribution is -2.34. The second-order valence-corrected chi connectivity index (χ2v) is 5.77. The summed E-state index contributed by atoms with van der Waals surface area (Å²) in [5.41, 5.74) is 3.07. The van der Waals surface area contributed by atoms with Crippen molar-refractivity contribution < 1.29 is 9.18 Å². The lowest BCUT2D eigenvalue weighted by atomic mass is 10.0. The molecule has 0 aliphatic carbocycles. The molecule has 0 fully saturated rings. The van der Waals surface area contributed by atoms with Gasteiger partial charge in [-0.1, -0.05) is 48.5 Å². The first-order valence-electron chi connectivity index (χ1n) is 7.65. The SMILES string of the molecule is O=C(NC(=S)Nc1cccc(F)c1)c1ccc(-c2ccccc2)cc1. The minimum absolute atomic E-state index is 0.114. The fourth-order valence-corrected chi connectivity index (χ4v) is 2.56. The predicted octanol–water partition coefficient (Wildman–Crippen LogP) is 4.62. The third-order valence-electron chi connectivity index (χ3n) is 3.56. The summed E-state index contributed by atoms with van der Waals surface area (Å²) in [4.78, 5) is 12.2. The third kappa shape index (κ3) is 4.49. The number of thiocarbonyl (C=S) groups is 1. The van der Waals surface area contributed by atoms with Crippen molar-refractivity contribution in [2.75, 3.05) is 5.32 Å². The van der Waals surface area contributed by atoms with Crippen LogP contribution in [0.4, 0.5) is 10.1 Å². The van der Waals surface area contributed by atoms with Gasteiger partial charge in [0.15, 0.2) is 5.11 Å². The van der Waals surface area contributed by atoms with E-state index in [0.29, 0.717) is 11.3 Å². The second-order valence-electron chi connectivity index (χ2n) is 5.36. The van der Waals surface area contributed by atoms with Crippen LogP contribution < -0.4 is 10.6 Å². The lowest BCUT2D eigenvalue weighted by molar-refractivity contribution is 0.0978. The Morgan fingerprint density at radius 2 is 1.52 bits per heavy atom. The standard InChI is InChI=1S/C20H15FN2OS/c21-17-7-4-8-18(13-17)22-20(25)23-19(24)16-11-9-15(10-12-16)14-5-2-1-3-6-14/h1-13H,(H2,22,23,24,25). The van der Waals surface area contributed by atoms with Gasteiger partial charge in [0.1, 0.15) is 5.82 Å². The fraction of sp³-hybridized carbons (Fsp3) is 0. The van der Waals surface area contributed by atoms with E-state index in [1.165, 1.54) is 12.1 Å². The molecule has 1 amide bonds. The van der Waals surface area contributed by atoms with Crippen LogP contribution in [0.1, 0.15) is 10.4 Å². The van der Waals surface area contributed by atoms with Gasteiger partial charge in [-0.15, -0.1) is 0 Å². The van der Waals surface area contributed by atoms with Crippen LogP contribution in [0.2, 0.25) is 0 Å². The zero-order valence-corrected chi connectivity index (χ0v) is 14.0. The van der Waals surface area contributed by atoms with Gasteiger partial charge in [0.05, 0.1) is 0 Å². The molecule has 0 saturated heterocycles. The number of hydrogen-bond acceptors (Lipinski definition) is 2. The third-order valence-corrected chi connectivity index (χ3v) is 3.77. The van der Waals surface area contributed by atoms with Crippen LogP contribution in [0.15, 0.2) is 78.9 Å². The molecule has 2 N–H and O–H groups in total. The Balaban J connectivity index is 1.64. The first-order valence-corrected chi connectivity index (χ1v) is 8.06. The Hall–Kier alpha value is -3.05. The summed E-state index contributed by atoms with van der Waals surface area (Å²) >= 11 is 5.09. The molecule has 0 radical (unpaired) electrons. The smallest absolute Gasteiger partial charge is 0.257 e. The highest BCUT2D eigenvalue weighted by Gasteiger charge is 2.08. The van der Waals surface area contributed by atoms with E-state index in [-0.39, 0.29) is 16.8 Å². The molecule has 0 bridgehead atoms. The Morgan fingerprint density at radius 3 is 2.20 bits per heavy atom. The molecule has 0 heterocycles. The number of amides is 1. The highest BCUT2D eigenvalue weighted by molar-refractivity contribution is 7.80. The topological polar surface area (TPSA) is 41.1 Å². The van der Waals surface area contributed by atoms with Crippen LogP contribution in [-0.4, -0.2) is 11.0 Å². The average molecular weight is 350 g/mol. The molecule has 0 aliphatic heterocycles. The molecule has 3 aromatic rings. The number of carbonyl (C=O) groups excluding carboxylic acids is 1. The summed E-state index contributed by atoms with van der Waals surface area (Å²) in [5, 5.41) is 5.48. The fourth-order valence-electron chi connectivity index (χ4n) is 2.35. The van der Waals surface area contributed by atoms with Crippen molar-refractivity contribution in [2.45, 2.75) is 0 Å². The van der Waals surface area contributed by atoms with E-state index in [2.05, 4.69) is 10.6 Å². The molecule has 0 aromatic heterocycles. The van der Waals surface area contributed by atoms with Crippen LogP contribution >= 0.6 is 12.2 Å². The zero-order chi connectivity index (χ0) is 17.6. The van der Waals surface area contributed by atoms with Crippen LogP contribution in [0.25, 0.3) is 11.1 Å². The van der Waals surface area contributed by atoms with Gasteiger partial charge in [-0.2, -0.15) is 0 Å². The van der Waals surface area contributed by atoms with Gasteiger partial charge < -0.3 is 5.32 Å². The van der Waals surface area contributed by atoms with Gasteiger partial charge in [-0.25, -0.2) is 4.39 Å². The maximum atomic E-state index is 13.2. The number of benzene rings is 3. The van der Waals surface area contributed by atoms with Crippen molar-refractivity contribution in [3.05, 3.63) is 90.2 Å². The van der Waals surface area contributed by atoms with Gasteiger partial charge in [-0.3, -0.25) is 10.1 Å². The monoisotopic (exact) mass is 350 g/mol. The highest BCUT2D eigenvalue weighted by Crippen LogP contribution is 2.19. The van der Waals surface area contributed by atoms with Crippen LogP contribution in [0.5, 0.6) is 0 Å². The van der Waals surface area contributed by atoms with E-state index < -0.39 is 0 Å². The Labute approximate surface area is 150 Å². The summed E-state index contributed by atoms with van der Waals surface area (Å²) in [7, 11) is 0. The first-order chi connectivity index (χ1) is 12.1. The molecule has 0 aliphatic rings.